The smallest absolute Gasteiger partial charge is 0.390 e. The van der Waals surface area contributed by atoms with Gasteiger partial charge in [0.2, 0.25) is 11.9 Å². The van der Waals surface area contributed by atoms with Crippen LogP contribution in [0.3, 0.4) is 0 Å². The molecule has 5 aromatic carbocycles. The lowest BCUT2D eigenvalue weighted by Crippen LogP contribution is -2.46. The van der Waals surface area contributed by atoms with E-state index in [1.165, 1.54) is 12.7 Å². The summed E-state index contributed by atoms with van der Waals surface area (Å²) in [7, 11) is 1.19. The number of esters is 1. The number of nitrogens with zero attached hydrogens (tertiary/aromatic N) is 9. The van der Waals surface area contributed by atoms with Crippen molar-refractivity contribution in [1.82, 2.24) is 34.3 Å². The van der Waals surface area contributed by atoms with E-state index in [0.29, 0.717) is 98.4 Å². The molecular weight excluding hydrogens is 1160 g/mol. The molecule has 1 saturated carbocycles. The predicted octanol–water partition coefficient (Wildman–Crippen LogP) is 10.2. The van der Waals surface area contributed by atoms with Gasteiger partial charge < -0.3 is 44.3 Å². The largest absolute Gasteiger partial charge is 0.467 e. The van der Waals surface area contributed by atoms with Crippen molar-refractivity contribution in [2.75, 3.05) is 125 Å². The van der Waals surface area contributed by atoms with E-state index in [2.05, 4.69) is 65.2 Å². The van der Waals surface area contributed by atoms with Gasteiger partial charge in [-0.2, -0.15) is 23.1 Å². The molecule has 3 aliphatic rings. The van der Waals surface area contributed by atoms with Gasteiger partial charge in [0.05, 0.1) is 51.0 Å². The Balaban J connectivity index is 0.659. The van der Waals surface area contributed by atoms with Crippen molar-refractivity contribution in [3.63, 3.8) is 0 Å². The number of alkyl halides is 3. The fourth-order valence-electron chi connectivity index (χ4n) is 12.5. The number of ether oxygens (including phenoxy) is 3. The zero-order valence-corrected chi connectivity index (χ0v) is 51.2. The van der Waals surface area contributed by atoms with Crippen LogP contribution in [0.25, 0.3) is 44.1 Å². The van der Waals surface area contributed by atoms with Crippen LogP contribution in [0.2, 0.25) is 0 Å². The number of hydrogen-bond donors (Lipinski definition) is 4. The lowest BCUT2D eigenvalue weighted by Gasteiger charge is -2.34. The zero-order chi connectivity index (χ0) is 62.1. The van der Waals surface area contributed by atoms with E-state index in [-0.39, 0.29) is 35.5 Å². The topological polar surface area (TPSA) is 205 Å². The number of piperazine rings is 1. The molecule has 3 aromatic heterocycles. The third-order valence-electron chi connectivity index (χ3n) is 17.1. The minimum Gasteiger partial charge on any atom is -0.467 e. The second-order valence-corrected chi connectivity index (χ2v) is 24.9. The van der Waals surface area contributed by atoms with E-state index in [1.807, 2.05) is 84.6 Å². The number of hydrogen-bond acceptors (Lipinski definition) is 17. The Kier molecular flexibility index (Phi) is 19.9. The number of anilines is 5. The lowest BCUT2D eigenvalue weighted by molar-refractivity contribution is -0.142. The Bertz CT molecular complexity index is 3810. The highest BCUT2D eigenvalue weighted by Gasteiger charge is 2.43. The zero-order valence-electron chi connectivity index (χ0n) is 50.4. The maximum absolute atomic E-state index is 14.2. The van der Waals surface area contributed by atoms with Crippen LogP contribution in [0, 0.1) is 0 Å². The number of nitrogens with one attached hydrogen (secondary N) is 3. The molecule has 0 spiro atoms. The number of aromatic nitrogens is 5. The Labute approximate surface area is 517 Å². The molecule has 0 bridgehead atoms. The van der Waals surface area contributed by atoms with Crippen LogP contribution < -0.4 is 25.2 Å². The number of carbonyl (C=O) groups is 1. The summed E-state index contributed by atoms with van der Waals surface area (Å²) in [4.78, 5) is 41.6. The first-order valence-electron chi connectivity index (χ1n) is 30.5. The summed E-state index contributed by atoms with van der Waals surface area (Å²) < 4.78 is 89.3. The van der Waals surface area contributed by atoms with Gasteiger partial charge in [0.15, 0.2) is 0 Å². The molecule has 8 aromatic rings. The van der Waals surface area contributed by atoms with E-state index in [4.69, 9.17) is 29.2 Å². The molecule has 4 N–H and O–H groups in total. The summed E-state index contributed by atoms with van der Waals surface area (Å²) in [6.45, 7) is 7.69. The van der Waals surface area contributed by atoms with Gasteiger partial charge in [0.1, 0.15) is 17.5 Å². The van der Waals surface area contributed by atoms with Crippen LogP contribution in [-0.4, -0.2) is 172 Å². The molecule has 470 valence electrons. The molecule has 2 unspecified atom stereocenters. The van der Waals surface area contributed by atoms with Crippen molar-refractivity contribution < 1.29 is 45.7 Å². The van der Waals surface area contributed by atoms with Gasteiger partial charge in [-0.1, -0.05) is 91.0 Å². The SMILES string of the molecule is COC(=O)C1C(c2ccccc2)CCN1c1nc(NCCOCCOCCN2CCN(Cc3ccc(-c4cn([C@H]5CC[C@H](O)CC5)c5nc(NCCC(F)(F)F)ncc45)cc3)CC2)ncc1-c1cccc(NS(=O)(=O)c2cccc3c(N(C)C)cccc23)c1. The fourth-order valence-corrected chi connectivity index (χ4v) is 13.7. The third-order valence-corrected chi connectivity index (χ3v) is 18.5. The normalized spacial score (nSPS) is 18.6. The fraction of sp³-hybridized carbons (Fsp3) is 0.409. The van der Waals surface area contributed by atoms with Crippen molar-refractivity contribution in [1.29, 1.82) is 0 Å². The van der Waals surface area contributed by atoms with Crippen LogP contribution in [0.1, 0.15) is 61.6 Å². The molecule has 0 radical (unpaired) electrons. The molecule has 19 nitrogen and oxygen atoms in total. The van der Waals surface area contributed by atoms with E-state index < -0.39 is 34.6 Å². The molecule has 23 heteroatoms. The number of benzene rings is 5. The Morgan fingerprint density at radius 2 is 1.40 bits per heavy atom. The van der Waals surface area contributed by atoms with Gasteiger partial charge in [0, 0.05) is 142 Å². The van der Waals surface area contributed by atoms with E-state index in [9.17, 15) is 31.5 Å². The number of carbonyl (C=O) groups excluding carboxylic acids is 1. The molecular formula is C66H77F3N12O7S. The standard InChI is InChI=1S/C66H77F3N12O7S/c1-77(2)58-16-8-15-54-53(58)14-9-17-59(54)89(84,85)76-49-13-7-12-48(40-49)55-41-72-65(74-61(55)80-30-26-52(60(80)63(83)86-3)46-10-5-4-6-11-46)71-29-36-87-38-39-88-37-35-78-31-33-79(34-32-78)43-45-18-20-47(21-19-45)57-44-81(50-22-24-51(82)25-23-50)62-56(57)42-73-64(75-62)70-28-27-66(67,68)69/h4-21,40-42,44,50-52,60,76,82H,22-39,43H2,1-3H3,(H,70,73,75)(H,71,72,74)/t50-,51-,52?,60?. The molecule has 89 heavy (non-hydrogen) atoms. The molecule has 3 fully saturated rings. The molecule has 1 aliphatic carbocycles. The number of sulfonamides is 1. The van der Waals surface area contributed by atoms with Gasteiger partial charge >= 0.3 is 12.1 Å². The quantitative estimate of drug-likeness (QED) is 0.0310. The maximum atomic E-state index is 14.2. The first-order valence-corrected chi connectivity index (χ1v) is 32.0. The third kappa shape index (κ3) is 15.2. The number of methoxy groups -OCH3 is 1. The summed E-state index contributed by atoms with van der Waals surface area (Å²) in [5, 5.41) is 18.5. The van der Waals surface area contributed by atoms with Crippen LogP contribution in [0.15, 0.2) is 139 Å². The van der Waals surface area contributed by atoms with Gasteiger partial charge in [-0.3, -0.25) is 14.5 Å². The van der Waals surface area contributed by atoms with Gasteiger partial charge in [-0.15, -0.1) is 0 Å². The predicted molar refractivity (Wildman–Crippen MR) is 341 cm³/mol. The number of aliphatic hydroxyl groups excluding tert-OH is 1. The molecule has 11 rings (SSSR count). The van der Waals surface area contributed by atoms with E-state index in [1.54, 1.807) is 42.7 Å². The highest BCUT2D eigenvalue weighted by molar-refractivity contribution is 7.93. The summed E-state index contributed by atoms with van der Waals surface area (Å²) in [6, 6.07) is 35.8. The highest BCUT2D eigenvalue weighted by Crippen LogP contribution is 2.42. The first-order chi connectivity index (χ1) is 43.1. The minimum absolute atomic E-state index is 0.112. The summed E-state index contributed by atoms with van der Waals surface area (Å²) in [5.41, 5.74) is 7.34. The average molecular weight is 1240 g/mol. The Morgan fingerprint density at radius 3 is 2.16 bits per heavy atom. The van der Waals surface area contributed by atoms with Gasteiger partial charge in [0.25, 0.3) is 10.0 Å². The van der Waals surface area contributed by atoms with Crippen LogP contribution in [0.4, 0.5) is 42.3 Å². The summed E-state index contributed by atoms with van der Waals surface area (Å²) >= 11 is 0. The minimum atomic E-state index is -4.28. The average Bonchev–Trinajstić information content (AvgIpc) is 2.33. The van der Waals surface area contributed by atoms with Crippen molar-refractivity contribution in [2.24, 2.45) is 0 Å². The highest BCUT2D eigenvalue weighted by atomic mass is 32.2. The lowest BCUT2D eigenvalue weighted by atomic mass is 9.91. The van der Waals surface area contributed by atoms with Crippen LogP contribution in [0.5, 0.6) is 0 Å². The number of fused-ring (bicyclic) bond motifs is 2. The second kappa shape index (κ2) is 28.3. The molecule has 5 heterocycles. The van der Waals surface area contributed by atoms with E-state index in [0.717, 1.165) is 85.3 Å². The van der Waals surface area contributed by atoms with Gasteiger partial charge in [-0.25, -0.2) is 23.2 Å². The monoisotopic (exact) mass is 1240 g/mol. The van der Waals surface area contributed by atoms with Crippen LogP contribution in [-0.2, 0) is 35.6 Å². The Morgan fingerprint density at radius 1 is 0.708 bits per heavy atom. The van der Waals surface area contributed by atoms with Crippen molar-refractivity contribution in [2.45, 2.75) is 80.2 Å². The molecule has 0 amide bonds. The van der Waals surface area contributed by atoms with E-state index >= 15 is 0 Å². The molecule has 2 aliphatic heterocycles. The number of rotatable bonds is 25. The van der Waals surface area contributed by atoms with Crippen molar-refractivity contribution in [3.05, 3.63) is 145 Å². The second-order valence-electron chi connectivity index (χ2n) is 23.2. The summed E-state index contributed by atoms with van der Waals surface area (Å²) in [6.07, 6.45) is 3.47. The number of aliphatic hydroxyl groups is 1. The first kappa shape index (κ1) is 62.7. The molecule has 2 atom stereocenters. The van der Waals surface area contributed by atoms with Crippen molar-refractivity contribution in [3.8, 4) is 22.3 Å². The maximum Gasteiger partial charge on any atom is 0.390 e. The van der Waals surface area contributed by atoms with Crippen LogP contribution >= 0.6 is 0 Å². The number of halogens is 3. The Hall–Kier alpha value is -7.93. The molecule has 2 saturated heterocycles. The summed E-state index contributed by atoms with van der Waals surface area (Å²) in [5.74, 6) is 0.426. The van der Waals surface area contributed by atoms with Crippen molar-refractivity contribution >= 4 is 66.9 Å². The van der Waals surface area contributed by atoms with Gasteiger partial charge in [-0.05, 0) is 78.6 Å².